The fourth-order valence-corrected chi connectivity index (χ4v) is 4.80. The summed E-state index contributed by atoms with van der Waals surface area (Å²) in [7, 11) is -3.91. The van der Waals surface area contributed by atoms with Gasteiger partial charge in [-0.3, -0.25) is 14.4 Å². The summed E-state index contributed by atoms with van der Waals surface area (Å²) in [5, 5.41) is 2.61. The number of carbonyl (C=O) groups is 3. The van der Waals surface area contributed by atoms with Gasteiger partial charge in [-0.1, -0.05) is 32.0 Å². The third-order valence-corrected chi connectivity index (χ3v) is 6.71. The fraction of sp³-hybridized carbons (Fsp3) is 0.591. The molecule has 0 radical (unpaired) electrons. The van der Waals surface area contributed by atoms with Crippen molar-refractivity contribution in [2.45, 2.75) is 56.9 Å². The molecule has 2 rings (SSSR count). The Bertz CT molecular complexity index is 854. The topological polar surface area (TPSA) is 119 Å². The van der Waals surface area contributed by atoms with Crippen molar-refractivity contribution in [3.05, 3.63) is 30.3 Å². The second-order valence-corrected chi connectivity index (χ2v) is 9.82. The molecule has 0 aliphatic carbocycles. The lowest BCUT2D eigenvalue weighted by Gasteiger charge is -2.23. The molecule has 0 aromatic heterocycles. The van der Waals surface area contributed by atoms with Crippen LogP contribution in [0.2, 0.25) is 0 Å². The predicted octanol–water partition coefficient (Wildman–Crippen LogP) is 1.84. The predicted molar refractivity (Wildman–Crippen MR) is 116 cm³/mol. The molecule has 1 aromatic carbocycles. The number of sulfonamides is 1. The Morgan fingerprint density at radius 1 is 1.13 bits per heavy atom. The summed E-state index contributed by atoms with van der Waals surface area (Å²) >= 11 is 0. The van der Waals surface area contributed by atoms with Crippen molar-refractivity contribution in [2.24, 2.45) is 11.8 Å². The first-order valence-electron chi connectivity index (χ1n) is 10.7. The molecule has 1 aliphatic heterocycles. The highest BCUT2D eigenvalue weighted by atomic mass is 32.2. The van der Waals surface area contributed by atoms with Crippen LogP contribution in [0.25, 0.3) is 0 Å². The summed E-state index contributed by atoms with van der Waals surface area (Å²) in [4.78, 5) is 37.9. The smallest absolute Gasteiger partial charge is 0.287 e. The Labute approximate surface area is 184 Å². The molecule has 31 heavy (non-hydrogen) atoms. The minimum absolute atomic E-state index is 0.0586. The molecule has 172 valence electrons. The Hall–Kier alpha value is -2.10. The minimum Gasteiger partial charge on any atom is -0.381 e. The van der Waals surface area contributed by atoms with Crippen molar-refractivity contribution in [1.29, 1.82) is 0 Å². The molecule has 1 aromatic rings. The lowest BCUT2D eigenvalue weighted by Crippen LogP contribution is -2.46. The third kappa shape index (κ3) is 7.83. The number of benzene rings is 1. The molecule has 2 atom stereocenters. The van der Waals surface area contributed by atoms with Crippen molar-refractivity contribution in [3.63, 3.8) is 0 Å². The number of hydrogen-bond donors (Lipinski definition) is 2. The van der Waals surface area contributed by atoms with Gasteiger partial charge < -0.3 is 10.1 Å². The summed E-state index contributed by atoms with van der Waals surface area (Å²) in [6.07, 6.45) is 2.52. The summed E-state index contributed by atoms with van der Waals surface area (Å²) in [5.41, 5.74) is 0. The van der Waals surface area contributed by atoms with Gasteiger partial charge in [-0.05, 0) is 43.7 Å². The SMILES string of the molecule is CC(C)C(NS(=O)(=O)c1ccccc1)C(=O)CC1CCOCCCCCNC(=O)C1=O. The molecule has 1 fully saturated rings. The Kier molecular flexibility index (Phi) is 9.80. The van der Waals surface area contributed by atoms with Crippen LogP contribution >= 0.6 is 0 Å². The maximum absolute atomic E-state index is 13.0. The highest BCUT2D eigenvalue weighted by molar-refractivity contribution is 7.89. The van der Waals surface area contributed by atoms with Crippen LogP contribution in [0.15, 0.2) is 35.2 Å². The molecule has 1 amide bonds. The molecular weight excluding hydrogens is 420 g/mol. The van der Waals surface area contributed by atoms with E-state index in [4.69, 9.17) is 4.74 Å². The van der Waals surface area contributed by atoms with Crippen LogP contribution in [0.4, 0.5) is 0 Å². The molecule has 1 heterocycles. The van der Waals surface area contributed by atoms with E-state index in [2.05, 4.69) is 10.0 Å². The van der Waals surface area contributed by atoms with Gasteiger partial charge in [0, 0.05) is 32.1 Å². The molecule has 0 spiro atoms. The highest BCUT2D eigenvalue weighted by Gasteiger charge is 2.33. The number of rotatable bonds is 7. The highest BCUT2D eigenvalue weighted by Crippen LogP contribution is 2.18. The van der Waals surface area contributed by atoms with Gasteiger partial charge in [0.1, 0.15) is 0 Å². The van der Waals surface area contributed by atoms with Gasteiger partial charge in [0.15, 0.2) is 5.78 Å². The van der Waals surface area contributed by atoms with Crippen LogP contribution in [0.3, 0.4) is 0 Å². The van der Waals surface area contributed by atoms with Crippen LogP contribution in [-0.2, 0) is 29.1 Å². The quantitative estimate of drug-likeness (QED) is 0.610. The van der Waals surface area contributed by atoms with Crippen molar-refractivity contribution >= 4 is 27.5 Å². The number of nitrogens with one attached hydrogen (secondary N) is 2. The van der Waals surface area contributed by atoms with Gasteiger partial charge in [-0.15, -0.1) is 0 Å². The van der Waals surface area contributed by atoms with Gasteiger partial charge in [0.05, 0.1) is 10.9 Å². The van der Waals surface area contributed by atoms with Gasteiger partial charge in [0.25, 0.3) is 5.91 Å². The number of ether oxygens (including phenoxy) is 1. The zero-order valence-corrected chi connectivity index (χ0v) is 18.9. The first kappa shape index (κ1) is 25.2. The normalized spacial score (nSPS) is 20.4. The molecule has 0 bridgehead atoms. The molecule has 2 unspecified atom stereocenters. The maximum Gasteiger partial charge on any atom is 0.287 e. The molecular formula is C22H32N2O6S. The molecule has 9 heteroatoms. The average Bonchev–Trinajstić information content (AvgIpc) is 2.74. The molecule has 1 aliphatic rings. The van der Waals surface area contributed by atoms with E-state index in [0.29, 0.717) is 13.2 Å². The van der Waals surface area contributed by atoms with E-state index in [0.717, 1.165) is 19.3 Å². The standard InChI is InChI=1S/C22H32N2O6S/c1-16(2)20(24-31(28,29)18-9-5-3-6-10-18)19(25)15-17-11-14-30-13-8-4-7-12-23-22(27)21(17)26/h3,5-6,9-10,16-17,20,24H,4,7-8,11-15H2,1-2H3,(H,23,27). The first-order chi connectivity index (χ1) is 14.7. The van der Waals surface area contributed by atoms with E-state index in [9.17, 15) is 22.8 Å². The largest absolute Gasteiger partial charge is 0.381 e. The van der Waals surface area contributed by atoms with E-state index in [1.807, 2.05) is 0 Å². The second kappa shape index (κ2) is 12.1. The zero-order chi connectivity index (χ0) is 22.9. The van der Waals surface area contributed by atoms with Crippen molar-refractivity contribution in [1.82, 2.24) is 10.0 Å². The van der Waals surface area contributed by atoms with Crippen molar-refractivity contribution < 1.29 is 27.5 Å². The van der Waals surface area contributed by atoms with Crippen LogP contribution in [0.5, 0.6) is 0 Å². The Morgan fingerprint density at radius 3 is 2.52 bits per heavy atom. The monoisotopic (exact) mass is 452 g/mol. The summed E-state index contributed by atoms with van der Waals surface area (Å²) in [6.45, 7) is 4.69. The van der Waals surface area contributed by atoms with Crippen LogP contribution < -0.4 is 10.0 Å². The summed E-state index contributed by atoms with van der Waals surface area (Å²) in [5.74, 6) is -2.98. The number of carbonyl (C=O) groups excluding carboxylic acids is 3. The minimum atomic E-state index is -3.91. The van der Waals surface area contributed by atoms with Crippen molar-refractivity contribution in [3.8, 4) is 0 Å². The number of amides is 1. The van der Waals surface area contributed by atoms with E-state index in [1.54, 1.807) is 32.0 Å². The number of Topliss-reactive ketones (excluding diaryl/α,β-unsaturated/α-hetero) is 2. The Morgan fingerprint density at radius 2 is 1.84 bits per heavy atom. The summed E-state index contributed by atoms with van der Waals surface area (Å²) < 4.78 is 33.4. The van der Waals surface area contributed by atoms with Crippen molar-refractivity contribution in [2.75, 3.05) is 19.8 Å². The second-order valence-electron chi connectivity index (χ2n) is 8.11. The maximum atomic E-state index is 13.0. The number of hydrogen-bond acceptors (Lipinski definition) is 6. The molecule has 8 nitrogen and oxygen atoms in total. The molecule has 1 saturated heterocycles. The van der Waals surface area contributed by atoms with Crippen LogP contribution in [0.1, 0.15) is 46.0 Å². The van der Waals surface area contributed by atoms with E-state index < -0.39 is 39.5 Å². The molecule has 0 saturated carbocycles. The van der Waals surface area contributed by atoms with Gasteiger partial charge in [-0.25, -0.2) is 13.1 Å². The first-order valence-corrected chi connectivity index (χ1v) is 12.2. The number of ketones is 2. The lowest BCUT2D eigenvalue weighted by molar-refractivity contribution is -0.141. The zero-order valence-electron chi connectivity index (χ0n) is 18.1. The Balaban J connectivity index is 2.14. The molecule has 2 N–H and O–H groups in total. The van der Waals surface area contributed by atoms with Crippen LogP contribution in [-0.4, -0.2) is 51.7 Å². The fourth-order valence-electron chi connectivity index (χ4n) is 3.41. The summed E-state index contributed by atoms with van der Waals surface area (Å²) in [6, 6.07) is 6.78. The third-order valence-electron chi connectivity index (χ3n) is 5.25. The van der Waals surface area contributed by atoms with Gasteiger partial charge in [-0.2, -0.15) is 0 Å². The van der Waals surface area contributed by atoms with Crippen LogP contribution in [0, 0.1) is 11.8 Å². The average molecular weight is 453 g/mol. The van der Waals surface area contributed by atoms with E-state index >= 15 is 0 Å². The van der Waals surface area contributed by atoms with E-state index in [-0.39, 0.29) is 30.3 Å². The lowest BCUT2D eigenvalue weighted by atomic mass is 9.88. The van der Waals surface area contributed by atoms with Gasteiger partial charge >= 0.3 is 0 Å². The van der Waals surface area contributed by atoms with E-state index in [1.165, 1.54) is 12.1 Å². The van der Waals surface area contributed by atoms with Gasteiger partial charge in [0.2, 0.25) is 15.8 Å².